The van der Waals surface area contributed by atoms with Crippen LogP contribution in [0.15, 0.2) is 59.0 Å². The van der Waals surface area contributed by atoms with Crippen molar-refractivity contribution in [2.75, 3.05) is 6.54 Å². The Kier molecular flexibility index (Phi) is 4.10. The number of hydrogen-bond donors (Lipinski definition) is 1. The van der Waals surface area contributed by atoms with Gasteiger partial charge in [-0.05, 0) is 56.0 Å². The summed E-state index contributed by atoms with van der Waals surface area (Å²) in [5, 5.41) is 4.52. The molecule has 0 aliphatic heterocycles. The van der Waals surface area contributed by atoms with E-state index < -0.39 is 0 Å². The number of nitrogens with one attached hydrogen (secondary N) is 1. The van der Waals surface area contributed by atoms with Crippen molar-refractivity contribution < 1.29 is 4.42 Å². The van der Waals surface area contributed by atoms with Crippen LogP contribution in [0.4, 0.5) is 0 Å². The van der Waals surface area contributed by atoms with E-state index in [9.17, 15) is 0 Å². The third-order valence-corrected chi connectivity index (χ3v) is 6.22. The van der Waals surface area contributed by atoms with Gasteiger partial charge in [0.2, 0.25) is 5.89 Å². The van der Waals surface area contributed by atoms with E-state index >= 15 is 0 Å². The van der Waals surface area contributed by atoms with Crippen LogP contribution in [0.1, 0.15) is 42.2 Å². The molecule has 2 aliphatic rings. The second kappa shape index (κ2) is 6.50. The second-order valence-electron chi connectivity index (χ2n) is 7.95. The quantitative estimate of drug-likeness (QED) is 0.617. The lowest BCUT2D eigenvalue weighted by atomic mass is 10.0. The number of oxazole rings is 1. The molecule has 2 aliphatic carbocycles. The minimum atomic E-state index is 0.141. The zero-order valence-corrected chi connectivity index (χ0v) is 16.2. The van der Waals surface area contributed by atoms with Gasteiger partial charge < -0.3 is 9.73 Å². The highest BCUT2D eigenvalue weighted by Crippen LogP contribution is 2.50. The summed E-state index contributed by atoms with van der Waals surface area (Å²) >= 11 is 5.99. The highest BCUT2D eigenvalue weighted by molar-refractivity contribution is 6.30. The zero-order valence-electron chi connectivity index (χ0n) is 15.4. The summed E-state index contributed by atoms with van der Waals surface area (Å²) in [6.45, 7) is 3.01. The predicted octanol–water partition coefficient (Wildman–Crippen LogP) is 5.48. The molecule has 138 valence electrons. The van der Waals surface area contributed by atoms with E-state index in [0.717, 1.165) is 28.6 Å². The third kappa shape index (κ3) is 3.30. The Morgan fingerprint density at radius 2 is 1.85 bits per heavy atom. The lowest BCUT2D eigenvalue weighted by Crippen LogP contribution is -2.30. The normalized spacial score (nSPS) is 22.6. The molecule has 0 radical (unpaired) electrons. The van der Waals surface area contributed by atoms with Gasteiger partial charge in [-0.15, -0.1) is 0 Å². The Bertz CT molecular complexity index is 944. The fourth-order valence-electron chi connectivity index (χ4n) is 4.07. The molecule has 1 heterocycles. The number of halogens is 1. The maximum atomic E-state index is 6.00. The Labute approximate surface area is 164 Å². The SMILES string of the molecule is Cc1oc(-c2ccc(Cl)cc2)nc1C1(CN[C@H]2CC2c2ccccc2)CC1. The van der Waals surface area contributed by atoms with Crippen LogP contribution < -0.4 is 5.32 Å². The third-order valence-electron chi connectivity index (χ3n) is 5.96. The molecule has 0 bridgehead atoms. The largest absolute Gasteiger partial charge is 0.441 e. The number of nitrogens with zero attached hydrogens (tertiary/aromatic N) is 1. The number of aryl methyl sites for hydroxylation is 1. The molecule has 2 saturated carbocycles. The fourth-order valence-corrected chi connectivity index (χ4v) is 4.19. The van der Waals surface area contributed by atoms with Gasteiger partial charge in [-0.1, -0.05) is 41.9 Å². The van der Waals surface area contributed by atoms with Crippen LogP contribution in [-0.4, -0.2) is 17.6 Å². The van der Waals surface area contributed by atoms with Gasteiger partial charge in [0.1, 0.15) is 5.76 Å². The summed E-state index contributed by atoms with van der Waals surface area (Å²) in [4.78, 5) is 4.87. The summed E-state index contributed by atoms with van der Waals surface area (Å²) in [7, 11) is 0. The Balaban J connectivity index is 1.28. The molecule has 2 atom stereocenters. The van der Waals surface area contributed by atoms with Crippen molar-refractivity contribution >= 4 is 11.6 Å². The summed E-state index contributed by atoms with van der Waals surface area (Å²) in [5.41, 5.74) is 3.69. The van der Waals surface area contributed by atoms with Gasteiger partial charge in [0.25, 0.3) is 0 Å². The van der Waals surface area contributed by atoms with Gasteiger partial charge in [-0.3, -0.25) is 0 Å². The first-order chi connectivity index (χ1) is 13.1. The van der Waals surface area contributed by atoms with Crippen molar-refractivity contribution in [2.45, 2.75) is 43.6 Å². The van der Waals surface area contributed by atoms with Gasteiger partial charge in [0.05, 0.1) is 5.69 Å². The van der Waals surface area contributed by atoms with Gasteiger partial charge >= 0.3 is 0 Å². The molecule has 0 saturated heterocycles. The van der Waals surface area contributed by atoms with Crippen LogP contribution in [0.5, 0.6) is 0 Å². The van der Waals surface area contributed by atoms with E-state index in [4.69, 9.17) is 21.0 Å². The average Bonchev–Trinajstić information content (AvgIpc) is 3.60. The molecule has 0 spiro atoms. The smallest absolute Gasteiger partial charge is 0.226 e. The highest BCUT2D eigenvalue weighted by atomic mass is 35.5. The molecule has 5 rings (SSSR count). The van der Waals surface area contributed by atoms with Gasteiger partial charge in [0, 0.05) is 34.5 Å². The van der Waals surface area contributed by atoms with Crippen LogP contribution >= 0.6 is 11.6 Å². The second-order valence-corrected chi connectivity index (χ2v) is 8.39. The van der Waals surface area contributed by atoms with Crippen LogP contribution in [0.3, 0.4) is 0 Å². The van der Waals surface area contributed by atoms with E-state index in [1.807, 2.05) is 31.2 Å². The van der Waals surface area contributed by atoms with Crippen molar-refractivity contribution in [3.63, 3.8) is 0 Å². The molecule has 1 unspecified atom stereocenters. The molecular weight excluding hydrogens is 356 g/mol. The monoisotopic (exact) mass is 378 g/mol. The number of rotatable bonds is 6. The molecule has 1 aromatic heterocycles. The minimum absolute atomic E-state index is 0.141. The van der Waals surface area contributed by atoms with Crippen molar-refractivity contribution in [2.24, 2.45) is 0 Å². The van der Waals surface area contributed by atoms with Crippen molar-refractivity contribution in [1.29, 1.82) is 0 Å². The van der Waals surface area contributed by atoms with E-state index in [-0.39, 0.29) is 5.41 Å². The maximum absolute atomic E-state index is 6.00. The molecule has 0 amide bonds. The van der Waals surface area contributed by atoms with Crippen LogP contribution in [0.2, 0.25) is 5.02 Å². The molecule has 3 aromatic rings. The average molecular weight is 379 g/mol. The van der Waals surface area contributed by atoms with Gasteiger partial charge in [-0.25, -0.2) is 4.98 Å². The Morgan fingerprint density at radius 1 is 1.11 bits per heavy atom. The van der Waals surface area contributed by atoms with E-state index in [1.54, 1.807) is 0 Å². The van der Waals surface area contributed by atoms with Crippen molar-refractivity contribution in [3.05, 3.63) is 76.6 Å². The molecule has 27 heavy (non-hydrogen) atoms. The standard InChI is InChI=1S/C23H23ClN2O/c1-15-21(26-22(27-15)17-7-9-18(24)10-8-17)23(11-12-23)14-25-20-13-19(20)16-5-3-2-4-6-16/h2-10,19-20,25H,11-14H2,1H3/t19?,20-/m0/s1. The molecule has 4 heteroatoms. The molecule has 2 fully saturated rings. The first-order valence-corrected chi connectivity index (χ1v) is 10.0. The summed E-state index contributed by atoms with van der Waals surface area (Å²) in [6, 6.07) is 19.1. The molecule has 3 nitrogen and oxygen atoms in total. The predicted molar refractivity (Wildman–Crippen MR) is 108 cm³/mol. The topological polar surface area (TPSA) is 38.1 Å². The molecular formula is C23H23ClN2O. The lowest BCUT2D eigenvalue weighted by Gasteiger charge is -2.14. The van der Waals surface area contributed by atoms with Gasteiger partial charge in [0.15, 0.2) is 0 Å². The van der Waals surface area contributed by atoms with Crippen LogP contribution in [-0.2, 0) is 5.41 Å². The first-order valence-electron chi connectivity index (χ1n) is 9.67. The summed E-state index contributed by atoms with van der Waals surface area (Å²) < 4.78 is 6.00. The zero-order chi connectivity index (χ0) is 18.4. The Hall–Kier alpha value is -2.10. The number of hydrogen-bond acceptors (Lipinski definition) is 3. The number of benzene rings is 2. The lowest BCUT2D eigenvalue weighted by molar-refractivity contribution is 0.518. The van der Waals surface area contributed by atoms with E-state index in [0.29, 0.717) is 17.9 Å². The maximum Gasteiger partial charge on any atom is 0.226 e. The van der Waals surface area contributed by atoms with E-state index in [1.165, 1.54) is 24.8 Å². The van der Waals surface area contributed by atoms with Gasteiger partial charge in [-0.2, -0.15) is 0 Å². The number of aromatic nitrogens is 1. The van der Waals surface area contributed by atoms with Crippen LogP contribution in [0, 0.1) is 6.92 Å². The molecule has 2 aromatic carbocycles. The van der Waals surface area contributed by atoms with Crippen molar-refractivity contribution in [1.82, 2.24) is 10.3 Å². The molecule has 1 N–H and O–H groups in total. The summed E-state index contributed by atoms with van der Waals surface area (Å²) in [5.74, 6) is 2.29. The summed E-state index contributed by atoms with van der Waals surface area (Å²) in [6.07, 6.45) is 3.58. The Morgan fingerprint density at radius 3 is 2.56 bits per heavy atom. The fraction of sp³-hybridized carbons (Fsp3) is 0.348. The van der Waals surface area contributed by atoms with Crippen LogP contribution in [0.25, 0.3) is 11.5 Å². The minimum Gasteiger partial charge on any atom is -0.441 e. The first kappa shape index (κ1) is 17.0. The van der Waals surface area contributed by atoms with Crippen molar-refractivity contribution in [3.8, 4) is 11.5 Å². The van der Waals surface area contributed by atoms with E-state index in [2.05, 4.69) is 35.6 Å². The highest BCUT2D eigenvalue weighted by Gasteiger charge is 2.49.